The highest BCUT2D eigenvalue weighted by Crippen LogP contribution is 2.13. The van der Waals surface area contributed by atoms with Crippen molar-refractivity contribution in [3.63, 3.8) is 0 Å². The number of amides is 2. The Morgan fingerprint density at radius 2 is 1.82 bits per heavy atom. The molecule has 0 spiro atoms. The molecule has 0 saturated carbocycles. The van der Waals surface area contributed by atoms with E-state index in [1.807, 2.05) is 42.5 Å². The molecule has 0 aliphatic rings. The normalized spacial score (nSPS) is 10.1. The second-order valence-corrected chi connectivity index (χ2v) is 5.69. The average molecular weight is 361 g/mol. The summed E-state index contributed by atoms with van der Waals surface area (Å²) in [5.74, 6) is -0.208. The Morgan fingerprint density at radius 3 is 2.45 bits per heavy atom. The zero-order chi connectivity index (χ0) is 15.9. The predicted octanol–water partition coefficient (Wildman–Crippen LogP) is 3.23. The van der Waals surface area contributed by atoms with Gasteiger partial charge in [0.25, 0.3) is 5.91 Å². The summed E-state index contributed by atoms with van der Waals surface area (Å²) in [7, 11) is 0. The van der Waals surface area contributed by atoms with Crippen molar-refractivity contribution in [2.24, 2.45) is 0 Å². The highest BCUT2D eigenvalue weighted by molar-refractivity contribution is 9.10. The van der Waals surface area contributed by atoms with E-state index >= 15 is 0 Å². The molecular weight excluding hydrogens is 344 g/mol. The van der Waals surface area contributed by atoms with Gasteiger partial charge in [0, 0.05) is 35.7 Å². The monoisotopic (exact) mass is 360 g/mol. The number of benzene rings is 2. The Bertz CT molecular complexity index is 659. The molecule has 22 heavy (non-hydrogen) atoms. The lowest BCUT2D eigenvalue weighted by atomic mass is 10.2. The van der Waals surface area contributed by atoms with Gasteiger partial charge in [-0.25, -0.2) is 0 Å². The highest BCUT2D eigenvalue weighted by atomic mass is 79.9. The second-order valence-electron chi connectivity index (χ2n) is 4.77. The molecule has 0 aliphatic carbocycles. The Morgan fingerprint density at radius 1 is 1.09 bits per heavy atom. The lowest BCUT2D eigenvalue weighted by molar-refractivity contribution is -0.116. The molecular formula is C17H17BrN2O2. The van der Waals surface area contributed by atoms with Gasteiger partial charge in [-0.05, 0) is 30.3 Å². The van der Waals surface area contributed by atoms with Gasteiger partial charge >= 0.3 is 0 Å². The van der Waals surface area contributed by atoms with Gasteiger partial charge < -0.3 is 10.2 Å². The topological polar surface area (TPSA) is 49.4 Å². The maximum atomic E-state index is 12.0. The van der Waals surface area contributed by atoms with E-state index in [-0.39, 0.29) is 11.8 Å². The minimum absolute atomic E-state index is 0.0529. The van der Waals surface area contributed by atoms with Crippen molar-refractivity contribution in [1.82, 2.24) is 5.32 Å². The molecule has 0 bridgehead atoms. The van der Waals surface area contributed by atoms with E-state index in [9.17, 15) is 9.59 Å². The molecule has 0 aromatic heterocycles. The van der Waals surface area contributed by atoms with Crippen LogP contribution in [0.25, 0.3) is 0 Å². The van der Waals surface area contributed by atoms with Crippen LogP contribution in [0.2, 0.25) is 0 Å². The molecule has 5 heteroatoms. The van der Waals surface area contributed by atoms with Crippen LogP contribution in [0.5, 0.6) is 0 Å². The molecule has 0 atom stereocenters. The van der Waals surface area contributed by atoms with Crippen molar-refractivity contribution in [1.29, 1.82) is 0 Å². The first-order valence-electron chi connectivity index (χ1n) is 6.95. The summed E-state index contributed by atoms with van der Waals surface area (Å²) in [4.78, 5) is 25.4. The zero-order valence-electron chi connectivity index (χ0n) is 12.3. The molecule has 0 heterocycles. The molecule has 2 rings (SSSR count). The summed E-state index contributed by atoms with van der Waals surface area (Å²) in [6.45, 7) is 2.34. The molecule has 2 aromatic carbocycles. The van der Waals surface area contributed by atoms with Gasteiger partial charge in [0.05, 0.1) is 0 Å². The van der Waals surface area contributed by atoms with Crippen LogP contribution in [-0.4, -0.2) is 24.9 Å². The SMILES string of the molecule is CC(=O)N(CCNC(=O)c1cccc(Br)c1)c1ccccc1. The number of carbonyl (C=O) groups is 2. The van der Waals surface area contributed by atoms with Crippen LogP contribution < -0.4 is 10.2 Å². The van der Waals surface area contributed by atoms with Crippen molar-refractivity contribution in [3.8, 4) is 0 Å². The summed E-state index contributed by atoms with van der Waals surface area (Å²) >= 11 is 3.34. The lowest BCUT2D eigenvalue weighted by Crippen LogP contribution is -2.37. The fourth-order valence-corrected chi connectivity index (χ4v) is 2.49. The Hall–Kier alpha value is -2.14. The van der Waals surface area contributed by atoms with Gasteiger partial charge in [-0.15, -0.1) is 0 Å². The molecule has 0 unspecified atom stereocenters. The minimum atomic E-state index is -0.155. The Kier molecular flexibility index (Phi) is 5.72. The minimum Gasteiger partial charge on any atom is -0.350 e. The maximum Gasteiger partial charge on any atom is 0.251 e. The van der Waals surface area contributed by atoms with Crippen molar-refractivity contribution in [2.45, 2.75) is 6.92 Å². The Balaban J connectivity index is 1.94. The summed E-state index contributed by atoms with van der Waals surface area (Å²) in [6, 6.07) is 16.6. The van der Waals surface area contributed by atoms with Gasteiger partial charge in [0.1, 0.15) is 0 Å². The third-order valence-electron chi connectivity index (χ3n) is 3.16. The van der Waals surface area contributed by atoms with E-state index < -0.39 is 0 Å². The number of carbonyl (C=O) groups excluding carboxylic acids is 2. The van der Waals surface area contributed by atoms with Crippen LogP contribution in [0.4, 0.5) is 5.69 Å². The van der Waals surface area contributed by atoms with Crippen LogP contribution in [0.1, 0.15) is 17.3 Å². The highest BCUT2D eigenvalue weighted by Gasteiger charge is 2.11. The molecule has 0 fully saturated rings. The molecule has 0 aliphatic heterocycles. The number of rotatable bonds is 5. The van der Waals surface area contributed by atoms with E-state index in [0.29, 0.717) is 18.7 Å². The molecule has 0 radical (unpaired) electrons. The summed E-state index contributed by atoms with van der Waals surface area (Å²) in [6.07, 6.45) is 0. The van der Waals surface area contributed by atoms with Crippen LogP contribution in [0.3, 0.4) is 0 Å². The maximum absolute atomic E-state index is 12.0. The first-order chi connectivity index (χ1) is 10.6. The van der Waals surface area contributed by atoms with Gasteiger partial charge in [-0.3, -0.25) is 9.59 Å². The number of anilines is 1. The Labute approximate surface area is 138 Å². The fraction of sp³-hybridized carbons (Fsp3) is 0.176. The van der Waals surface area contributed by atoms with Crippen molar-refractivity contribution < 1.29 is 9.59 Å². The van der Waals surface area contributed by atoms with Crippen LogP contribution in [-0.2, 0) is 4.79 Å². The second kappa shape index (κ2) is 7.75. The van der Waals surface area contributed by atoms with Crippen LogP contribution >= 0.6 is 15.9 Å². The first kappa shape index (κ1) is 16.2. The smallest absolute Gasteiger partial charge is 0.251 e. The van der Waals surface area contributed by atoms with Gasteiger partial charge in [0.15, 0.2) is 0 Å². The fourth-order valence-electron chi connectivity index (χ4n) is 2.09. The van der Waals surface area contributed by atoms with Crippen molar-refractivity contribution in [3.05, 3.63) is 64.6 Å². The number of hydrogen-bond acceptors (Lipinski definition) is 2. The zero-order valence-corrected chi connectivity index (χ0v) is 13.8. The van der Waals surface area contributed by atoms with E-state index in [2.05, 4.69) is 21.2 Å². The number of hydrogen-bond donors (Lipinski definition) is 1. The number of nitrogens with one attached hydrogen (secondary N) is 1. The van der Waals surface area contributed by atoms with E-state index in [1.165, 1.54) is 6.92 Å². The quantitative estimate of drug-likeness (QED) is 0.889. The van der Waals surface area contributed by atoms with E-state index in [4.69, 9.17) is 0 Å². The molecule has 2 amide bonds. The predicted molar refractivity (Wildman–Crippen MR) is 90.9 cm³/mol. The molecule has 2 aromatic rings. The summed E-state index contributed by atoms with van der Waals surface area (Å²) < 4.78 is 0.856. The average Bonchev–Trinajstić information content (AvgIpc) is 2.52. The third kappa shape index (κ3) is 4.43. The summed E-state index contributed by atoms with van der Waals surface area (Å²) in [5.41, 5.74) is 1.41. The van der Waals surface area contributed by atoms with Crippen molar-refractivity contribution in [2.75, 3.05) is 18.0 Å². The standard InChI is InChI=1S/C17H17BrN2O2/c1-13(21)20(16-8-3-2-4-9-16)11-10-19-17(22)14-6-5-7-15(18)12-14/h2-9,12H,10-11H2,1H3,(H,19,22). The van der Waals surface area contributed by atoms with Gasteiger partial charge in [0.2, 0.25) is 5.91 Å². The number of halogens is 1. The van der Waals surface area contributed by atoms with E-state index in [1.54, 1.807) is 17.0 Å². The summed E-state index contributed by atoms with van der Waals surface area (Å²) in [5, 5.41) is 2.83. The molecule has 114 valence electrons. The number of para-hydroxylation sites is 1. The van der Waals surface area contributed by atoms with Gasteiger partial charge in [-0.2, -0.15) is 0 Å². The number of nitrogens with zero attached hydrogens (tertiary/aromatic N) is 1. The molecule has 1 N–H and O–H groups in total. The van der Waals surface area contributed by atoms with Gasteiger partial charge in [-0.1, -0.05) is 40.2 Å². The lowest BCUT2D eigenvalue weighted by Gasteiger charge is -2.21. The molecule has 4 nitrogen and oxygen atoms in total. The van der Waals surface area contributed by atoms with Crippen molar-refractivity contribution >= 4 is 33.4 Å². The first-order valence-corrected chi connectivity index (χ1v) is 7.74. The molecule has 0 saturated heterocycles. The third-order valence-corrected chi connectivity index (χ3v) is 3.65. The van der Waals surface area contributed by atoms with Crippen LogP contribution in [0, 0.1) is 0 Å². The van der Waals surface area contributed by atoms with Crippen LogP contribution in [0.15, 0.2) is 59.1 Å². The largest absolute Gasteiger partial charge is 0.350 e. The van der Waals surface area contributed by atoms with E-state index in [0.717, 1.165) is 10.2 Å².